The summed E-state index contributed by atoms with van der Waals surface area (Å²) in [6.45, 7) is 2.57. The number of benzene rings is 2. The van der Waals surface area contributed by atoms with Crippen molar-refractivity contribution in [2.45, 2.75) is 43.5 Å². The van der Waals surface area contributed by atoms with Gasteiger partial charge in [0.1, 0.15) is 0 Å². The Morgan fingerprint density at radius 2 is 1.73 bits per heavy atom. The van der Waals surface area contributed by atoms with Crippen LogP contribution in [0.4, 0.5) is 5.69 Å². The molecule has 2 aromatic carbocycles. The summed E-state index contributed by atoms with van der Waals surface area (Å²) in [4.78, 5) is 14.3. The Balaban J connectivity index is 1.69. The van der Waals surface area contributed by atoms with Crippen LogP contribution in [0.15, 0.2) is 47.4 Å². The highest BCUT2D eigenvalue weighted by Crippen LogP contribution is 2.37. The van der Waals surface area contributed by atoms with Gasteiger partial charge in [-0.3, -0.25) is 4.79 Å². The molecule has 1 N–H and O–H groups in total. The van der Waals surface area contributed by atoms with Gasteiger partial charge in [-0.05, 0) is 55.0 Å². The molecule has 0 saturated carbocycles. The lowest BCUT2D eigenvalue weighted by atomic mass is 9.92. The summed E-state index contributed by atoms with van der Waals surface area (Å²) in [6.07, 6.45) is 2.73. The van der Waals surface area contributed by atoms with Gasteiger partial charge in [-0.2, -0.15) is 0 Å². The van der Waals surface area contributed by atoms with Gasteiger partial charge in [0, 0.05) is 19.0 Å². The van der Waals surface area contributed by atoms with E-state index in [1.807, 2.05) is 42.2 Å². The van der Waals surface area contributed by atoms with Crippen molar-refractivity contribution in [2.24, 2.45) is 0 Å². The molecule has 26 heavy (non-hydrogen) atoms. The summed E-state index contributed by atoms with van der Waals surface area (Å²) in [5, 5.41) is 0. The molecule has 0 aromatic heterocycles. The Bertz CT molecular complexity index is 937. The predicted molar refractivity (Wildman–Crippen MR) is 101 cm³/mol. The van der Waals surface area contributed by atoms with Crippen LogP contribution in [0.25, 0.3) is 0 Å². The summed E-state index contributed by atoms with van der Waals surface area (Å²) in [5.74, 6) is 0.143. The van der Waals surface area contributed by atoms with Crippen molar-refractivity contribution in [1.29, 1.82) is 0 Å². The minimum atomic E-state index is -3.63. The molecule has 0 bridgehead atoms. The van der Waals surface area contributed by atoms with Crippen molar-refractivity contribution < 1.29 is 13.2 Å². The number of sulfonamides is 1. The van der Waals surface area contributed by atoms with Gasteiger partial charge in [-0.25, -0.2) is 13.1 Å². The third kappa shape index (κ3) is 3.04. The molecule has 136 valence electrons. The summed E-state index contributed by atoms with van der Waals surface area (Å²) < 4.78 is 28.7. The zero-order chi connectivity index (χ0) is 18.3. The first-order chi connectivity index (χ1) is 12.5. The van der Waals surface area contributed by atoms with E-state index in [4.69, 9.17) is 0 Å². The fourth-order valence-electron chi connectivity index (χ4n) is 3.89. The van der Waals surface area contributed by atoms with Crippen LogP contribution in [-0.4, -0.2) is 20.9 Å². The highest BCUT2D eigenvalue weighted by atomic mass is 32.2. The number of rotatable bonds is 4. The Hall–Kier alpha value is -2.18. The number of anilines is 1. The Labute approximate surface area is 154 Å². The fourth-order valence-corrected chi connectivity index (χ4v) is 5.22. The molecule has 2 aliphatic rings. The second-order valence-electron chi connectivity index (χ2n) is 6.99. The van der Waals surface area contributed by atoms with E-state index in [-0.39, 0.29) is 11.9 Å². The molecule has 0 spiro atoms. The van der Waals surface area contributed by atoms with Gasteiger partial charge in [0.2, 0.25) is 15.9 Å². The van der Waals surface area contributed by atoms with E-state index in [2.05, 4.69) is 4.72 Å². The third-order valence-electron chi connectivity index (χ3n) is 5.19. The van der Waals surface area contributed by atoms with Crippen molar-refractivity contribution in [3.8, 4) is 0 Å². The van der Waals surface area contributed by atoms with Crippen molar-refractivity contribution in [3.05, 3.63) is 59.2 Å². The van der Waals surface area contributed by atoms with Gasteiger partial charge < -0.3 is 4.90 Å². The molecule has 0 saturated heterocycles. The number of hydrogen-bond donors (Lipinski definition) is 1. The second-order valence-corrected chi connectivity index (χ2v) is 8.71. The molecule has 2 heterocycles. The standard InChI is InChI=1S/C20H22N2O3S/c1-14(15-6-3-2-4-7-15)21-26(24,25)18-12-16-8-5-11-22-19(23)10-9-17(13-18)20(16)22/h2-4,6-7,12-14,21H,5,8-11H2,1H3/t14-/m0/s1. The molecule has 1 atom stereocenters. The van der Waals surface area contributed by atoms with Gasteiger partial charge in [0.05, 0.1) is 10.6 Å². The highest BCUT2D eigenvalue weighted by molar-refractivity contribution is 7.89. The first kappa shape index (κ1) is 17.2. The summed E-state index contributed by atoms with van der Waals surface area (Å²) in [6, 6.07) is 12.7. The molecule has 5 nitrogen and oxygen atoms in total. The lowest BCUT2D eigenvalue weighted by molar-refractivity contribution is -0.119. The van der Waals surface area contributed by atoms with Crippen molar-refractivity contribution in [3.63, 3.8) is 0 Å². The zero-order valence-corrected chi connectivity index (χ0v) is 15.6. The zero-order valence-electron chi connectivity index (χ0n) is 14.7. The lowest BCUT2D eigenvalue weighted by Gasteiger charge is -2.35. The molecule has 1 amide bonds. The number of nitrogens with zero attached hydrogens (tertiary/aromatic N) is 1. The molecule has 4 rings (SSSR count). The molecule has 0 fully saturated rings. The maximum absolute atomic E-state index is 12.9. The van der Waals surface area contributed by atoms with Crippen molar-refractivity contribution >= 4 is 21.6 Å². The van der Waals surface area contributed by atoms with Crippen LogP contribution in [0.2, 0.25) is 0 Å². The number of aryl methyl sites for hydroxylation is 2. The molecule has 6 heteroatoms. The average Bonchev–Trinajstić information content (AvgIpc) is 2.65. The SMILES string of the molecule is C[C@H](NS(=O)(=O)c1cc2c3c(c1)CCC(=O)N3CCC2)c1ccccc1. The molecular weight excluding hydrogens is 348 g/mol. The van der Waals surface area contributed by atoms with Crippen LogP contribution >= 0.6 is 0 Å². The predicted octanol–water partition coefficient (Wildman–Crippen LogP) is 2.95. The summed E-state index contributed by atoms with van der Waals surface area (Å²) in [7, 11) is -3.63. The van der Waals surface area contributed by atoms with Gasteiger partial charge in [-0.1, -0.05) is 30.3 Å². The first-order valence-electron chi connectivity index (χ1n) is 8.99. The molecule has 0 aliphatic carbocycles. The normalized spacial score (nSPS) is 17.7. The number of carbonyl (C=O) groups is 1. The molecule has 0 unspecified atom stereocenters. The van der Waals surface area contributed by atoms with Crippen LogP contribution < -0.4 is 9.62 Å². The topological polar surface area (TPSA) is 66.5 Å². The van der Waals surface area contributed by atoms with Crippen LogP contribution in [0, 0.1) is 0 Å². The Morgan fingerprint density at radius 1 is 1.04 bits per heavy atom. The van der Waals surface area contributed by atoms with Crippen LogP contribution in [0.5, 0.6) is 0 Å². The maximum atomic E-state index is 12.9. The highest BCUT2D eigenvalue weighted by Gasteiger charge is 2.31. The largest absolute Gasteiger partial charge is 0.312 e. The van der Waals surface area contributed by atoms with Gasteiger partial charge in [0.15, 0.2) is 0 Å². The van der Waals surface area contributed by atoms with E-state index in [9.17, 15) is 13.2 Å². The van der Waals surface area contributed by atoms with E-state index in [1.54, 1.807) is 12.1 Å². The quantitative estimate of drug-likeness (QED) is 0.900. The van der Waals surface area contributed by atoms with Crippen LogP contribution in [-0.2, 0) is 27.7 Å². The smallest absolute Gasteiger partial charge is 0.241 e. The van der Waals surface area contributed by atoms with Gasteiger partial charge >= 0.3 is 0 Å². The maximum Gasteiger partial charge on any atom is 0.241 e. The monoisotopic (exact) mass is 370 g/mol. The van der Waals surface area contributed by atoms with E-state index in [0.29, 0.717) is 17.7 Å². The number of carbonyl (C=O) groups excluding carboxylic acids is 1. The van der Waals surface area contributed by atoms with Crippen molar-refractivity contribution in [1.82, 2.24) is 4.72 Å². The Kier molecular flexibility index (Phi) is 4.32. The minimum absolute atomic E-state index is 0.143. The van der Waals surface area contributed by atoms with Crippen LogP contribution in [0.1, 0.15) is 42.5 Å². The minimum Gasteiger partial charge on any atom is -0.312 e. The summed E-state index contributed by atoms with van der Waals surface area (Å²) in [5.41, 5.74) is 3.80. The van der Waals surface area contributed by atoms with E-state index >= 15 is 0 Å². The number of nitrogens with one attached hydrogen (secondary N) is 1. The Morgan fingerprint density at radius 3 is 2.46 bits per heavy atom. The van der Waals surface area contributed by atoms with Crippen molar-refractivity contribution in [2.75, 3.05) is 11.4 Å². The second kappa shape index (κ2) is 6.52. The molecular formula is C20H22N2O3S. The van der Waals surface area contributed by atoms with Crippen LogP contribution in [0.3, 0.4) is 0 Å². The first-order valence-corrected chi connectivity index (χ1v) is 10.5. The fraction of sp³-hybridized carbons (Fsp3) is 0.350. The molecule has 2 aliphatic heterocycles. The summed E-state index contributed by atoms with van der Waals surface area (Å²) >= 11 is 0. The molecule has 2 aromatic rings. The van der Waals surface area contributed by atoms with Gasteiger partial charge in [0.25, 0.3) is 0 Å². The lowest BCUT2D eigenvalue weighted by Crippen LogP contribution is -2.39. The molecule has 0 radical (unpaired) electrons. The van der Waals surface area contributed by atoms with E-state index < -0.39 is 10.0 Å². The average molecular weight is 370 g/mol. The van der Waals surface area contributed by atoms with Gasteiger partial charge in [-0.15, -0.1) is 0 Å². The number of hydrogen-bond acceptors (Lipinski definition) is 3. The number of amides is 1. The van der Waals surface area contributed by atoms with E-state index in [1.165, 1.54) is 0 Å². The van der Waals surface area contributed by atoms with E-state index in [0.717, 1.165) is 41.8 Å². The third-order valence-corrected chi connectivity index (χ3v) is 6.71.